The number of ether oxygens (including phenoxy) is 2. The molecule has 0 saturated carbocycles. The van der Waals surface area contributed by atoms with E-state index in [1.807, 2.05) is 6.07 Å². The molecule has 8 heteroatoms. The molecule has 0 amide bonds. The van der Waals surface area contributed by atoms with E-state index >= 15 is 0 Å². The van der Waals surface area contributed by atoms with Crippen LogP contribution in [0, 0.1) is 0 Å². The predicted molar refractivity (Wildman–Crippen MR) is 91.3 cm³/mol. The number of benzene rings is 1. The van der Waals surface area contributed by atoms with Crippen LogP contribution < -0.4 is 0 Å². The van der Waals surface area contributed by atoms with Crippen molar-refractivity contribution in [2.24, 2.45) is 0 Å². The normalized spacial score (nSPS) is 21.2. The number of hydrogen-bond acceptors (Lipinski definition) is 6. The summed E-state index contributed by atoms with van der Waals surface area (Å²) >= 11 is 0. The van der Waals surface area contributed by atoms with Crippen molar-refractivity contribution in [3.05, 3.63) is 23.8 Å². The topological polar surface area (TPSA) is 88.2 Å². The molecule has 0 N–H and O–H groups in total. The van der Waals surface area contributed by atoms with E-state index in [9.17, 15) is 9.59 Å². The van der Waals surface area contributed by atoms with Crippen molar-refractivity contribution in [1.29, 1.82) is 0 Å². The van der Waals surface area contributed by atoms with Crippen LogP contribution in [-0.2, 0) is 32.2 Å². The zero-order chi connectivity index (χ0) is 18.0. The molecule has 2 aliphatic heterocycles. The summed E-state index contributed by atoms with van der Waals surface area (Å²) in [5.74, 6) is 1.01. The number of rotatable bonds is 2. The van der Waals surface area contributed by atoms with E-state index in [0.717, 1.165) is 59.6 Å². The minimum absolute atomic E-state index is 0.283. The predicted octanol–water partition coefficient (Wildman–Crippen LogP) is 2.40. The Labute approximate surface area is 148 Å². The van der Waals surface area contributed by atoms with Crippen LogP contribution in [0.25, 0.3) is 22.1 Å². The van der Waals surface area contributed by atoms with Crippen LogP contribution in [-0.4, -0.2) is 31.0 Å². The first-order valence-corrected chi connectivity index (χ1v) is 8.76. The van der Waals surface area contributed by atoms with Crippen LogP contribution in [0.2, 0.25) is 0 Å². The Hall–Kier alpha value is -2.90. The summed E-state index contributed by atoms with van der Waals surface area (Å²) < 4.78 is 15.0. The minimum atomic E-state index is -0.291. The highest BCUT2D eigenvalue weighted by Gasteiger charge is 2.32. The quantitative estimate of drug-likeness (QED) is 0.657. The van der Waals surface area contributed by atoms with Crippen molar-refractivity contribution in [2.75, 3.05) is 0 Å². The molecule has 5 rings (SSSR count). The molecule has 0 bridgehead atoms. The third-order valence-electron chi connectivity index (χ3n) is 5.10. The van der Waals surface area contributed by atoms with Gasteiger partial charge >= 0.3 is 11.9 Å². The van der Waals surface area contributed by atoms with Gasteiger partial charge in [-0.3, -0.25) is 9.59 Å². The SMILES string of the molecule is CC(=O)O[C@@H]1CCn2c1nc1cc3nc4n(c3cc12)CC[C@H]4OC(C)=O. The van der Waals surface area contributed by atoms with Gasteiger partial charge in [-0.25, -0.2) is 9.97 Å². The van der Waals surface area contributed by atoms with Gasteiger partial charge in [-0.2, -0.15) is 0 Å². The molecule has 8 nitrogen and oxygen atoms in total. The Balaban J connectivity index is 1.62. The van der Waals surface area contributed by atoms with Gasteiger partial charge in [-0.05, 0) is 12.1 Å². The number of imidazole rings is 2. The third kappa shape index (κ3) is 2.14. The molecule has 26 heavy (non-hydrogen) atoms. The molecule has 134 valence electrons. The van der Waals surface area contributed by atoms with E-state index in [4.69, 9.17) is 9.47 Å². The molecule has 0 spiro atoms. The van der Waals surface area contributed by atoms with Gasteiger partial charge < -0.3 is 18.6 Å². The van der Waals surface area contributed by atoms with Gasteiger partial charge in [0.15, 0.2) is 23.9 Å². The fraction of sp³-hybridized carbons (Fsp3) is 0.444. The van der Waals surface area contributed by atoms with Gasteiger partial charge in [0.2, 0.25) is 0 Å². The average Bonchev–Trinajstić information content (AvgIpc) is 3.28. The zero-order valence-electron chi connectivity index (χ0n) is 14.6. The summed E-state index contributed by atoms with van der Waals surface area (Å²) in [6, 6.07) is 4.04. The molecule has 0 radical (unpaired) electrons. The Bertz CT molecular complexity index is 998. The maximum Gasteiger partial charge on any atom is 0.303 e. The molecule has 4 heterocycles. The second kappa shape index (κ2) is 5.30. The van der Waals surface area contributed by atoms with Crippen molar-refractivity contribution in [1.82, 2.24) is 19.1 Å². The molecule has 2 aromatic heterocycles. The summed E-state index contributed by atoms with van der Waals surface area (Å²) in [4.78, 5) is 32.0. The third-order valence-corrected chi connectivity index (χ3v) is 5.10. The van der Waals surface area contributed by atoms with Gasteiger partial charge in [0, 0.05) is 39.8 Å². The van der Waals surface area contributed by atoms with Crippen LogP contribution >= 0.6 is 0 Å². The number of carbonyl (C=O) groups excluding carboxylic acids is 2. The smallest absolute Gasteiger partial charge is 0.303 e. The lowest BCUT2D eigenvalue weighted by molar-refractivity contribution is -0.147. The molecular formula is C18H18N4O4. The van der Waals surface area contributed by atoms with Crippen molar-refractivity contribution in [3.8, 4) is 0 Å². The standard InChI is InChI=1S/C18H18N4O4/c1-9(23)25-15-3-5-21-13-8-14-12(7-11(13)19-17(15)21)20-18-16(26-10(2)24)4-6-22(14)18/h7-8,15-16H,3-6H2,1-2H3/t15-,16-/m1/s1. The highest BCUT2D eigenvalue weighted by atomic mass is 16.5. The summed E-state index contributed by atoms with van der Waals surface area (Å²) in [5, 5.41) is 0. The van der Waals surface area contributed by atoms with E-state index in [0.29, 0.717) is 0 Å². The molecular weight excluding hydrogens is 336 g/mol. The van der Waals surface area contributed by atoms with Gasteiger partial charge in [-0.15, -0.1) is 0 Å². The lowest BCUT2D eigenvalue weighted by atomic mass is 10.2. The molecule has 0 saturated heterocycles. The van der Waals surface area contributed by atoms with Crippen LogP contribution in [0.5, 0.6) is 0 Å². The largest absolute Gasteiger partial charge is 0.454 e. The van der Waals surface area contributed by atoms with E-state index in [-0.39, 0.29) is 24.1 Å². The maximum absolute atomic E-state index is 11.3. The Morgan fingerprint density at radius 2 is 1.35 bits per heavy atom. The van der Waals surface area contributed by atoms with Gasteiger partial charge in [0.25, 0.3) is 0 Å². The number of aryl methyl sites for hydroxylation is 2. The lowest BCUT2D eigenvalue weighted by Crippen LogP contribution is -2.06. The number of nitrogens with zero attached hydrogens (tertiary/aromatic N) is 4. The highest BCUT2D eigenvalue weighted by molar-refractivity contribution is 5.92. The average molecular weight is 354 g/mol. The fourth-order valence-corrected chi connectivity index (χ4v) is 4.12. The summed E-state index contributed by atoms with van der Waals surface area (Å²) in [6.45, 7) is 4.38. The molecule has 0 unspecified atom stereocenters. The van der Waals surface area contributed by atoms with E-state index in [1.165, 1.54) is 13.8 Å². The molecule has 0 fully saturated rings. The number of fused-ring (bicyclic) bond motifs is 6. The molecule has 2 atom stereocenters. The van der Waals surface area contributed by atoms with Crippen molar-refractivity contribution >= 4 is 34.0 Å². The van der Waals surface area contributed by atoms with E-state index in [1.54, 1.807) is 0 Å². The Kier molecular flexibility index (Phi) is 3.13. The molecule has 1 aromatic carbocycles. The Morgan fingerprint density at radius 1 is 0.885 bits per heavy atom. The first-order valence-electron chi connectivity index (χ1n) is 8.76. The zero-order valence-corrected chi connectivity index (χ0v) is 14.6. The highest BCUT2D eigenvalue weighted by Crippen LogP contribution is 2.37. The second-order valence-electron chi connectivity index (χ2n) is 6.85. The number of carbonyl (C=O) groups is 2. The minimum Gasteiger partial charge on any atom is -0.454 e. The second-order valence-corrected chi connectivity index (χ2v) is 6.85. The van der Waals surface area contributed by atoms with Crippen molar-refractivity contribution in [3.63, 3.8) is 0 Å². The lowest BCUT2D eigenvalue weighted by Gasteiger charge is -2.07. The van der Waals surface area contributed by atoms with Gasteiger partial charge in [0.05, 0.1) is 22.1 Å². The van der Waals surface area contributed by atoms with Crippen LogP contribution in [0.15, 0.2) is 12.1 Å². The van der Waals surface area contributed by atoms with Crippen molar-refractivity contribution < 1.29 is 19.1 Å². The molecule has 3 aromatic rings. The fourth-order valence-electron chi connectivity index (χ4n) is 4.12. The van der Waals surface area contributed by atoms with E-state index in [2.05, 4.69) is 25.2 Å². The number of esters is 2. The molecule has 0 aliphatic carbocycles. The van der Waals surface area contributed by atoms with Crippen LogP contribution in [0.4, 0.5) is 0 Å². The van der Waals surface area contributed by atoms with Gasteiger partial charge in [-0.1, -0.05) is 0 Å². The van der Waals surface area contributed by atoms with Crippen LogP contribution in [0.1, 0.15) is 50.5 Å². The maximum atomic E-state index is 11.3. The first-order chi connectivity index (χ1) is 12.5. The number of aromatic nitrogens is 4. The Morgan fingerprint density at radius 3 is 1.77 bits per heavy atom. The summed E-state index contributed by atoms with van der Waals surface area (Å²) in [6.07, 6.45) is 0.923. The van der Waals surface area contributed by atoms with Gasteiger partial charge in [0.1, 0.15) is 0 Å². The van der Waals surface area contributed by atoms with E-state index < -0.39 is 0 Å². The first kappa shape index (κ1) is 15.4. The summed E-state index contributed by atoms with van der Waals surface area (Å²) in [7, 11) is 0. The van der Waals surface area contributed by atoms with Crippen molar-refractivity contribution in [2.45, 2.75) is 52.0 Å². The molecule has 2 aliphatic rings. The summed E-state index contributed by atoms with van der Waals surface area (Å²) in [5.41, 5.74) is 3.71. The van der Waals surface area contributed by atoms with Crippen LogP contribution in [0.3, 0.4) is 0 Å². The number of hydrogen-bond donors (Lipinski definition) is 0. The monoisotopic (exact) mass is 354 g/mol.